The van der Waals surface area contributed by atoms with Crippen LogP contribution < -0.4 is 30.8 Å². The van der Waals surface area contributed by atoms with E-state index >= 15 is 0 Å². The van der Waals surface area contributed by atoms with Crippen LogP contribution in [0.15, 0.2) is 0 Å². The fraction of sp³-hybridized carbons (Fsp3) is 0.739. The summed E-state index contributed by atoms with van der Waals surface area (Å²) >= 11 is 0. The molecule has 0 aliphatic heterocycles. The number of carbonyl (C=O) groups excluding carboxylic acids is 6. The molecule has 0 bridgehead atoms. The first-order valence-electron chi connectivity index (χ1n) is 12.2. The van der Waals surface area contributed by atoms with Gasteiger partial charge in [-0.15, -0.1) is 0 Å². The first-order chi connectivity index (χ1) is 18.2. The molecule has 0 rings (SSSR count). The molecule has 16 nitrogen and oxygen atoms in total. The number of carboxylic acids is 5. The Balaban J connectivity index is 0. The molecule has 1 atom stereocenters. The van der Waals surface area contributed by atoms with Crippen molar-refractivity contribution in [2.24, 2.45) is 5.92 Å². The summed E-state index contributed by atoms with van der Waals surface area (Å²) in [6, 6.07) is -1.00. The molecule has 0 aliphatic rings. The maximum Gasteiger partial charge on any atom is 3.00 e. The summed E-state index contributed by atoms with van der Waals surface area (Å²) in [5, 5.41) is 58.3. The Morgan fingerprint density at radius 3 is 1.60 bits per heavy atom. The van der Waals surface area contributed by atoms with Crippen LogP contribution in [-0.2, 0) is 33.5 Å². The summed E-state index contributed by atoms with van der Waals surface area (Å²) in [6.07, 6.45) is 1.06. The first-order valence-corrected chi connectivity index (χ1v) is 12.2. The molecule has 17 heteroatoms. The van der Waals surface area contributed by atoms with E-state index in [1.807, 2.05) is 0 Å². The molecule has 0 saturated carbocycles. The van der Waals surface area contributed by atoms with E-state index in [-0.39, 0.29) is 84.6 Å². The SMILES string of the molecule is CC(C)C(=O)NCCCCOCC(CN(CCN(CC(=O)[O-])CC(=O)[O-])CC(=O)[O-])N(CC(=O)[O-])CC(=O)[O-].[Gd+3]. The summed E-state index contributed by atoms with van der Waals surface area (Å²) in [7, 11) is 0. The fourth-order valence-electron chi connectivity index (χ4n) is 3.46. The molecule has 0 heterocycles. The van der Waals surface area contributed by atoms with E-state index in [1.165, 1.54) is 4.90 Å². The molecule has 40 heavy (non-hydrogen) atoms. The summed E-state index contributed by atoms with van der Waals surface area (Å²) in [5.74, 6) is -8.19. The van der Waals surface area contributed by atoms with Gasteiger partial charge in [0.2, 0.25) is 5.91 Å². The number of carbonyl (C=O) groups is 6. The molecule has 0 fully saturated rings. The Hall–Kier alpha value is -2.02. The molecule has 0 aliphatic carbocycles. The summed E-state index contributed by atoms with van der Waals surface area (Å²) in [5.41, 5.74) is 0. The number of hydrogen-bond acceptors (Lipinski definition) is 15. The average molecular weight is 717 g/mol. The monoisotopic (exact) mass is 717 g/mol. The Morgan fingerprint density at radius 1 is 0.700 bits per heavy atom. The first kappa shape index (κ1) is 40.1. The van der Waals surface area contributed by atoms with Crippen molar-refractivity contribution in [2.75, 3.05) is 72.1 Å². The maximum absolute atomic E-state index is 11.6. The van der Waals surface area contributed by atoms with Crippen molar-refractivity contribution >= 4 is 35.8 Å². The summed E-state index contributed by atoms with van der Waals surface area (Å²) < 4.78 is 5.58. The maximum atomic E-state index is 11.6. The molecule has 1 N–H and O–H groups in total. The minimum atomic E-state index is -1.61. The standard InChI is InChI=1S/C23H40N4O12.Gd/c1-16(2)23(38)24-5-3-4-8-39-15-17(27(13-21(34)35)14-22(36)37)9-25(10-18(28)29)6-7-26(11-19(30)31)12-20(32)33;/h16-17H,3-15H2,1-2H3,(H,24,38)(H,28,29)(H,30,31)(H,32,33)(H,34,35)(H,36,37);/q;+3/p-5. The number of aliphatic carboxylic acids is 5. The molecule has 0 spiro atoms. The summed E-state index contributed by atoms with van der Waals surface area (Å²) in [4.78, 5) is 70.3. The molecule has 1 unspecified atom stereocenters. The van der Waals surface area contributed by atoms with Crippen LogP contribution in [0.4, 0.5) is 0 Å². The van der Waals surface area contributed by atoms with Crippen LogP contribution in [-0.4, -0.2) is 129 Å². The number of nitrogens with zero attached hydrogens (tertiary/aromatic N) is 3. The van der Waals surface area contributed by atoms with Gasteiger partial charge in [0, 0.05) is 77.5 Å². The molecular weight excluding hydrogens is 682 g/mol. The van der Waals surface area contributed by atoms with E-state index in [2.05, 4.69) is 5.32 Å². The number of amides is 1. The van der Waals surface area contributed by atoms with Crippen molar-refractivity contribution in [3.63, 3.8) is 0 Å². The van der Waals surface area contributed by atoms with Gasteiger partial charge in [0.05, 0.1) is 36.5 Å². The number of carboxylic acid groups (broad SMARTS) is 5. The van der Waals surface area contributed by atoms with Crippen molar-refractivity contribution in [1.29, 1.82) is 0 Å². The Kier molecular flexibility index (Phi) is 22.7. The van der Waals surface area contributed by atoms with E-state index < -0.39 is 68.6 Å². The second kappa shape index (κ2) is 22.6. The number of unbranched alkanes of at least 4 members (excludes halogenated alkanes) is 1. The zero-order valence-corrected chi connectivity index (χ0v) is 24.7. The van der Waals surface area contributed by atoms with Gasteiger partial charge in [0.15, 0.2) is 0 Å². The Labute approximate surface area is 264 Å². The van der Waals surface area contributed by atoms with Crippen LogP contribution in [0.3, 0.4) is 0 Å². The third kappa shape index (κ3) is 21.8. The van der Waals surface area contributed by atoms with Crippen LogP contribution in [0.5, 0.6) is 0 Å². The van der Waals surface area contributed by atoms with Gasteiger partial charge < -0.3 is 59.6 Å². The van der Waals surface area contributed by atoms with Crippen LogP contribution in [0, 0.1) is 45.9 Å². The van der Waals surface area contributed by atoms with E-state index in [1.54, 1.807) is 13.8 Å². The van der Waals surface area contributed by atoms with Crippen LogP contribution >= 0.6 is 0 Å². The van der Waals surface area contributed by atoms with Crippen molar-refractivity contribution in [1.82, 2.24) is 20.0 Å². The van der Waals surface area contributed by atoms with E-state index in [4.69, 9.17) is 4.74 Å². The predicted molar refractivity (Wildman–Crippen MR) is 121 cm³/mol. The van der Waals surface area contributed by atoms with Crippen LogP contribution in [0.25, 0.3) is 0 Å². The third-order valence-corrected chi connectivity index (χ3v) is 5.29. The van der Waals surface area contributed by atoms with E-state index in [0.717, 1.165) is 9.80 Å². The number of rotatable bonds is 24. The van der Waals surface area contributed by atoms with Gasteiger partial charge >= 0.3 is 39.9 Å². The molecule has 229 valence electrons. The van der Waals surface area contributed by atoms with E-state index in [0.29, 0.717) is 19.4 Å². The molecule has 1 amide bonds. The Bertz CT molecular complexity index is 798. The van der Waals surface area contributed by atoms with Gasteiger partial charge in [0.1, 0.15) is 0 Å². The van der Waals surface area contributed by atoms with Gasteiger partial charge in [-0.05, 0) is 12.8 Å². The van der Waals surface area contributed by atoms with Gasteiger partial charge in [-0.2, -0.15) is 0 Å². The van der Waals surface area contributed by atoms with Crippen molar-refractivity contribution < 1.29 is 99.0 Å². The van der Waals surface area contributed by atoms with Gasteiger partial charge in [-0.3, -0.25) is 19.5 Å². The quantitative estimate of drug-likeness (QED) is 0.0911. The Morgan fingerprint density at radius 2 is 1.15 bits per heavy atom. The minimum absolute atomic E-state index is 0. The van der Waals surface area contributed by atoms with Gasteiger partial charge in [0.25, 0.3) is 0 Å². The molecule has 0 aromatic heterocycles. The fourth-order valence-corrected chi connectivity index (χ4v) is 3.46. The third-order valence-electron chi connectivity index (χ3n) is 5.29. The number of hydrogen-bond donors (Lipinski definition) is 1. The van der Waals surface area contributed by atoms with Crippen molar-refractivity contribution in [3.05, 3.63) is 0 Å². The summed E-state index contributed by atoms with van der Waals surface area (Å²) in [6.45, 7) is -0.894. The predicted octanol–water partition coefficient (Wildman–Crippen LogP) is -8.42. The topological polar surface area (TPSA) is 249 Å². The molecule has 1 radical (unpaired) electrons. The molecular formula is C23H35GdN4O12-2. The van der Waals surface area contributed by atoms with Crippen LogP contribution in [0.1, 0.15) is 26.7 Å². The molecule has 0 saturated heterocycles. The zero-order chi connectivity index (χ0) is 30.0. The second-order valence-corrected chi connectivity index (χ2v) is 9.09. The molecule has 0 aromatic carbocycles. The van der Waals surface area contributed by atoms with Crippen molar-refractivity contribution in [3.8, 4) is 0 Å². The zero-order valence-electron chi connectivity index (χ0n) is 22.4. The van der Waals surface area contributed by atoms with Gasteiger partial charge in [-0.1, -0.05) is 13.8 Å². The number of nitrogens with one attached hydrogen (secondary N) is 1. The smallest absolute Gasteiger partial charge is 0.549 e. The van der Waals surface area contributed by atoms with Crippen LogP contribution in [0.2, 0.25) is 0 Å². The number of ether oxygens (including phenoxy) is 1. The molecule has 0 aromatic rings. The second-order valence-electron chi connectivity index (χ2n) is 9.09. The van der Waals surface area contributed by atoms with E-state index in [9.17, 15) is 54.3 Å². The minimum Gasteiger partial charge on any atom is -0.549 e. The van der Waals surface area contributed by atoms with Crippen molar-refractivity contribution in [2.45, 2.75) is 32.7 Å². The largest absolute Gasteiger partial charge is 3.00 e. The average Bonchev–Trinajstić information content (AvgIpc) is 2.78. The van der Waals surface area contributed by atoms with Gasteiger partial charge in [-0.25, -0.2) is 0 Å². The normalized spacial score (nSPS) is 11.8.